The summed E-state index contributed by atoms with van der Waals surface area (Å²) in [5.74, 6) is -1.16. The summed E-state index contributed by atoms with van der Waals surface area (Å²) in [6.07, 6.45) is 0.573. The minimum atomic E-state index is -0.957. The third-order valence-electron chi connectivity index (χ3n) is 2.41. The van der Waals surface area contributed by atoms with Gasteiger partial charge in [0, 0.05) is 13.1 Å². The van der Waals surface area contributed by atoms with Gasteiger partial charge in [-0.25, -0.2) is 4.79 Å². The van der Waals surface area contributed by atoms with E-state index in [9.17, 15) is 9.59 Å². The summed E-state index contributed by atoms with van der Waals surface area (Å²) in [5.41, 5.74) is 6.33. The number of nitrogens with two attached hydrogens (primary N) is 1. The van der Waals surface area contributed by atoms with Crippen molar-refractivity contribution >= 4 is 11.9 Å². The fraction of sp³-hybridized carbons (Fsp3) is 0.385. The van der Waals surface area contributed by atoms with E-state index >= 15 is 0 Å². The quantitative estimate of drug-likeness (QED) is 0.576. The minimum absolute atomic E-state index is 0.00757. The predicted octanol–water partition coefficient (Wildman–Crippen LogP) is 0.0188. The van der Waals surface area contributed by atoms with E-state index in [1.54, 1.807) is 12.1 Å². The Kier molecular flexibility index (Phi) is 6.56. The number of benzene rings is 1. The van der Waals surface area contributed by atoms with Gasteiger partial charge >= 0.3 is 5.97 Å². The molecule has 0 radical (unpaired) electrons. The molecule has 0 fully saturated rings. The Morgan fingerprint density at radius 2 is 2.16 bits per heavy atom. The molecule has 6 nitrogen and oxygen atoms in total. The van der Waals surface area contributed by atoms with E-state index in [0.29, 0.717) is 26.1 Å². The molecule has 0 aliphatic rings. The molecule has 1 aromatic rings. The van der Waals surface area contributed by atoms with Crippen LogP contribution < -0.4 is 11.1 Å². The summed E-state index contributed by atoms with van der Waals surface area (Å²) in [6.45, 7) is 1.17. The number of aromatic carboxylic acids is 1. The smallest absolute Gasteiger partial charge is 0.335 e. The van der Waals surface area contributed by atoms with Crippen LogP contribution in [0.2, 0.25) is 0 Å². The van der Waals surface area contributed by atoms with Crippen LogP contribution in [0.3, 0.4) is 0 Å². The van der Waals surface area contributed by atoms with Gasteiger partial charge in [0.05, 0.1) is 12.2 Å². The van der Waals surface area contributed by atoms with Crippen LogP contribution in [0.25, 0.3) is 0 Å². The predicted molar refractivity (Wildman–Crippen MR) is 70.0 cm³/mol. The lowest BCUT2D eigenvalue weighted by atomic mass is 10.1. The van der Waals surface area contributed by atoms with E-state index in [1.165, 1.54) is 6.07 Å². The summed E-state index contributed by atoms with van der Waals surface area (Å²) in [5, 5.41) is 11.5. The lowest BCUT2D eigenvalue weighted by Gasteiger charge is -2.06. The number of carbonyl (C=O) groups is 2. The van der Waals surface area contributed by atoms with Crippen molar-refractivity contribution in [3.63, 3.8) is 0 Å². The number of carboxylic acids is 1. The molecule has 0 saturated heterocycles. The summed E-state index contributed by atoms with van der Waals surface area (Å²) in [4.78, 5) is 22.1. The Bertz CT molecular complexity index is 434. The molecule has 6 heteroatoms. The molecule has 0 atom stereocenters. The van der Waals surface area contributed by atoms with Gasteiger partial charge in [0.1, 0.15) is 6.61 Å². The van der Waals surface area contributed by atoms with Crippen LogP contribution in [0.4, 0.5) is 0 Å². The van der Waals surface area contributed by atoms with Crippen molar-refractivity contribution in [3.8, 4) is 0 Å². The lowest BCUT2D eigenvalue weighted by molar-refractivity contribution is -0.125. The largest absolute Gasteiger partial charge is 0.478 e. The zero-order chi connectivity index (χ0) is 14.1. The first kappa shape index (κ1) is 15.1. The first-order valence-electron chi connectivity index (χ1n) is 6.00. The second-order valence-corrected chi connectivity index (χ2v) is 3.95. The van der Waals surface area contributed by atoms with Crippen molar-refractivity contribution in [2.24, 2.45) is 5.73 Å². The van der Waals surface area contributed by atoms with Gasteiger partial charge in [0.2, 0.25) is 5.91 Å². The van der Waals surface area contributed by atoms with Crippen LogP contribution >= 0.6 is 0 Å². The van der Waals surface area contributed by atoms with E-state index in [1.807, 2.05) is 6.07 Å². The number of hydrogen-bond donors (Lipinski definition) is 3. The maximum absolute atomic E-state index is 11.3. The van der Waals surface area contributed by atoms with Crippen LogP contribution in [0.15, 0.2) is 24.3 Å². The SMILES string of the molecule is NCCOCC(=O)NCCc1cccc(C(=O)O)c1. The lowest BCUT2D eigenvalue weighted by Crippen LogP contribution is -2.30. The van der Waals surface area contributed by atoms with Crippen molar-refractivity contribution in [1.82, 2.24) is 5.32 Å². The number of nitrogens with one attached hydrogen (secondary N) is 1. The number of rotatable bonds is 8. The van der Waals surface area contributed by atoms with Crippen molar-refractivity contribution in [2.45, 2.75) is 6.42 Å². The summed E-state index contributed by atoms with van der Waals surface area (Å²) < 4.78 is 4.98. The van der Waals surface area contributed by atoms with E-state index in [2.05, 4.69) is 5.32 Å². The van der Waals surface area contributed by atoms with Gasteiger partial charge in [-0.15, -0.1) is 0 Å². The summed E-state index contributed by atoms with van der Waals surface area (Å²) in [7, 11) is 0. The molecular formula is C13H18N2O4. The highest BCUT2D eigenvalue weighted by molar-refractivity contribution is 5.87. The Balaban J connectivity index is 2.31. The van der Waals surface area contributed by atoms with Crippen LogP contribution in [0, 0.1) is 0 Å². The highest BCUT2D eigenvalue weighted by Crippen LogP contribution is 2.05. The molecular weight excluding hydrogens is 248 g/mol. The highest BCUT2D eigenvalue weighted by Gasteiger charge is 2.04. The van der Waals surface area contributed by atoms with Gasteiger partial charge in [-0.3, -0.25) is 4.79 Å². The number of ether oxygens (including phenoxy) is 1. The molecule has 0 heterocycles. The third kappa shape index (κ3) is 5.98. The van der Waals surface area contributed by atoms with E-state index in [-0.39, 0.29) is 18.1 Å². The van der Waals surface area contributed by atoms with Crippen LogP contribution in [-0.2, 0) is 16.0 Å². The zero-order valence-electron chi connectivity index (χ0n) is 10.6. The van der Waals surface area contributed by atoms with Crippen molar-refractivity contribution in [2.75, 3.05) is 26.3 Å². The molecule has 4 N–H and O–H groups in total. The fourth-order valence-corrected chi connectivity index (χ4v) is 1.51. The summed E-state index contributed by atoms with van der Waals surface area (Å²) in [6, 6.07) is 6.64. The van der Waals surface area contributed by atoms with Crippen molar-refractivity contribution in [1.29, 1.82) is 0 Å². The van der Waals surface area contributed by atoms with Gasteiger partial charge in [-0.05, 0) is 24.1 Å². The Morgan fingerprint density at radius 1 is 1.37 bits per heavy atom. The average molecular weight is 266 g/mol. The topological polar surface area (TPSA) is 102 Å². The van der Waals surface area contributed by atoms with Crippen LogP contribution in [0.1, 0.15) is 15.9 Å². The van der Waals surface area contributed by atoms with Gasteiger partial charge in [-0.2, -0.15) is 0 Å². The van der Waals surface area contributed by atoms with Crippen LogP contribution in [-0.4, -0.2) is 43.3 Å². The maximum Gasteiger partial charge on any atom is 0.335 e. The molecule has 0 unspecified atom stereocenters. The standard InChI is InChI=1S/C13H18N2O4/c14-5-7-19-9-12(16)15-6-4-10-2-1-3-11(8-10)13(17)18/h1-3,8H,4-7,9,14H2,(H,15,16)(H,17,18). The van der Waals surface area contributed by atoms with E-state index in [0.717, 1.165) is 5.56 Å². The minimum Gasteiger partial charge on any atom is -0.478 e. The molecule has 0 spiro atoms. The monoisotopic (exact) mass is 266 g/mol. The van der Waals surface area contributed by atoms with Gasteiger partial charge in [0.15, 0.2) is 0 Å². The molecule has 0 aliphatic carbocycles. The van der Waals surface area contributed by atoms with E-state index < -0.39 is 5.97 Å². The van der Waals surface area contributed by atoms with Crippen LogP contribution in [0.5, 0.6) is 0 Å². The molecule has 0 aromatic heterocycles. The van der Waals surface area contributed by atoms with Gasteiger partial charge in [-0.1, -0.05) is 12.1 Å². The highest BCUT2D eigenvalue weighted by atomic mass is 16.5. The molecule has 0 bridgehead atoms. The second kappa shape index (κ2) is 8.23. The average Bonchev–Trinajstić information content (AvgIpc) is 2.39. The number of hydrogen-bond acceptors (Lipinski definition) is 4. The molecule has 0 saturated carbocycles. The van der Waals surface area contributed by atoms with Crippen molar-refractivity contribution in [3.05, 3.63) is 35.4 Å². The van der Waals surface area contributed by atoms with Gasteiger partial charge < -0.3 is 20.9 Å². The molecule has 19 heavy (non-hydrogen) atoms. The number of carbonyl (C=O) groups excluding carboxylic acids is 1. The zero-order valence-corrected chi connectivity index (χ0v) is 10.6. The second-order valence-electron chi connectivity index (χ2n) is 3.95. The Morgan fingerprint density at radius 3 is 2.84 bits per heavy atom. The number of carboxylic acid groups (broad SMARTS) is 1. The Hall–Kier alpha value is -1.92. The van der Waals surface area contributed by atoms with Crippen molar-refractivity contribution < 1.29 is 19.4 Å². The summed E-state index contributed by atoms with van der Waals surface area (Å²) >= 11 is 0. The van der Waals surface area contributed by atoms with Gasteiger partial charge in [0.25, 0.3) is 0 Å². The third-order valence-corrected chi connectivity index (χ3v) is 2.41. The molecule has 1 aromatic carbocycles. The number of amides is 1. The Labute approximate surface area is 111 Å². The molecule has 1 amide bonds. The first-order valence-corrected chi connectivity index (χ1v) is 6.00. The first-order chi connectivity index (χ1) is 9.13. The fourth-order valence-electron chi connectivity index (χ4n) is 1.51. The molecule has 0 aliphatic heterocycles. The van der Waals surface area contributed by atoms with E-state index in [4.69, 9.17) is 15.6 Å². The molecule has 1 rings (SSSR count). The molecule has 104 valence electrons. The normalized spacial score (nSPS) is 10.2. The maximum atomic E-state index is 11.3.